The fraction of sp³-hybridized carbons (Fsp3) is 0.143. The summed E-state index contributed by atoms with van der Waals surface area (Å²) in [5, 5.41) is 0.526. The quantitative estimate of drug-likeness (QED) is 0.704. The second kappa shape index (κ2) is 4.05. The first kappa shape index (κ1) is 11.6. The van der Waals surface area contributed by atoms with Gasteiger partial charge in [-0.25, -0.2) is 9.37 Å². The first-order valence-electron chi connectivity index (χ1n) is 5.92. The summed E-state index contributed by atoms with van der Waals surface area (Å²) in [7, 11) is 0. The van der Waals surface area contributed by atoms with Crippen LogP contribution in [0.2, 0.25) is 0 Å². The van der Waals surface area contributed by atoms with Gasteiger partial charge in [-0.2, -0.15) is 0 Å². The molecular weight excluding hydrogens is 245 g/mol. The van der Waals surface area contributed by atoms with Gasteiger partial charge in [0.25, 0.3) is 5.56 Å². The molecule has 19 heavy (non-hydrogen) atoms. The Balaban J connectivity index is 2.34. The van der Waals surface area contributed by atoms with Gasteiger partial charge in [0.1, 0.15) is 17.3 Å². The van der Waals surface area contributed by atoms with E-state index >= 15 is 0 Å². The zero-order valence-corrected chi connectivity index (χ0v) is 10.5. The lowest BCUT2D eigenvalue weighted by Gasteiger charge is -2.02. The summed E-state index contributed by atoms with van der Waals surface area (Å²) in [4.78, 5) is 22.1. The molecule has 3 rings (SSSR count). The summed E-state index contributed by atoms with van der Waals surface area (Å²) >= 11 is 0. The minimum absolute atomic E-state index is 0.233. The van der Waals surface area contributed by atoms with E-state index in [2.05, 4.69) is 15.0 Å². The molecule has 96 valence electrons. The number of aryl methyl sites for hydroxylation is 2. The maximum Gasteiger partial charge on any atom is 0.260 e. The normalized spacial score (nSPS) is 11.1. The Morgan fingerprint density at radius 3 is 2.63 bits per heavy atom. The Labute approximate surface area is 108 Å². The van der Waals surface area contributed by atoms with Gasteiger partial charge in [-0.05, 0) is 31.5 Å². The number of H-pyrrole nitrogens is 2. The Kier molecular flexibility index (Phi) is 2.48. The monoisotopic (exact) mass is 257 g/mol. The smallest absolute Gasteiger partial charge is 0.260 e. The lowest BCUT2D eigenvalue weighted by atomic mass is 10.2. The van der Waals surface area contributed by atoms with Gasteiger partial charge in [0.05, 0.1) is 10.9 Å². The van der Waals surface area contributed by atoms with Gasteiger partial charge < -0.3 is 9.97 Å². The average molecular weight is 257 g/mol. The van der Waals surface area contributed by atoms with Crippen molar-refractivity contribution in [3.05, 3.63) is 51.7 Å². The molecule has 1 aromatic carbocycles. The minimum atomic E-state index is -0.412. The van der Waals surface area contributed by atoms with Crippen LogP contribution in [-0.2, 0) is 0 Å². The highest BCUT2D eigenvalue weighted by atomic mass is 19.1. The molecule has 0 bridgehead atoms. The van der Waals surface area contributed by atoms with Crippen LogP contribution in [0, 0.1) is 19.7 Å². The third kappa shape index (κ3) is 1.74. The van der Waals surface area contributed by atoms with Crippen molar-refractivity contribution in [3.63, 3.8) is 0 Å². The number of hydrogen-bond donors (Lipinski definition) is 2. The molecule has 0 fully saturated rings. The maximum atomic E-state index is 13.7. The van der Waals surface area contributed by atoms with Crippen LogP contribution in [-0.4, -0.2) is 15.0 Å². The van der Waals surface area contributed by atoms with Crippen molar-refractivity contribution in [1.82, 2.24) is 15.0 Å². The number of nitrogens with one attached hydrogen (secondary N) is 2. The number of rotatable bonds is 1. The first-order valence-corrected chi connectivity index (χ1v) is 5.92. The molecule has 0 unspecified atom stereocenters. The Morgan fingerprint density at radius 2 is 1.89 bits per heavy atom. The molecule has 3 aromatic rings. The van der Waals surface area contributed by atoms with Crippen molar-refractivity contribution in [2.24, 2.45) is 0 Å². The molecule has 0 radical (unpaired) electrons. The van der Waals surface area contributed by atoms with Crippen LogP contribution < -0.4 is 5.56 Å². The van der Waals surface area contributed by atoms with Crippen LogP contribution in [0.1, 0.15) is 11.3 Å². The number of hydrogen-bond acceptors (Lipinski definition) is 2. The van der Waals surface area contributed by atoms with E-state index in [9.17, 15) is 9.18 Å². The molecule has 0 amide bonds. The van der Waals surface area contributed by atoms with Gasteiger partial charge >= 0.3 is 0 Å². The van der Waals surface area contributed by atoms with E-state index in [1.807, 2.05) is 13.8 Å². The molecule has 2 N–H and O–H groups in total. The van der Waals surface area contributed by atoms with Gasteiger partial charge in [0, 0.05) is 5.69 Å². The SMILES string of the molecule is Cc1[nH]c2nc(-c3ccccc3F)[nH]c(=O)c2c1C. The molecule has 0 aliphatic carbocycles. The molecule has 5 heteroatoms. The summed E-state index contributed by atoms with van der Waals surface area (Å²) < 4.78 is 13.7. The topological polar surface area (TPSA) is 61.5 Å². The van der Waals surface area contributed by atoms with Gasteiger partial charge in [-0.3, -0.25) is 4.79 Å². The second-order valence-corrected chi connectivity index (χ2v) is 4.49. The van der Waals surface area contributed by atoms with E-state index in [0.29, 0.717) is 11.0 Å². The maximum absolute atomic E-state index is 13.7. The number of benzene rings is 1. The van der Waals surface area contributed by atoms with E-state index in [4.69, 9.17) is 0 Å². The second-order valence-electron chi connectivity index (χ2n) is 4.49. The van der Waals surface area contributed by atoms with E-state index < -0.39 is 5.82 Å². The van der Waals surface area contributed by atoms with Crippen molar-refractivity contribution in [1.29, 1.82) is 0 Å². The van der Waals surface area contributed by atoms with E-state index in [0.717, 1.165) is 11.3 Å². The molecule has 2 aromatic heterocycles. The van der Waals surface area contributed by atoms with Crippen LogP contribution in [0.4, 0.5) is 4.39 Å². The van der Waals surface area contributed by atoms with Gasteiger partial charge in [0.15, 0.2) is 0 Å². The number of aromatic nitrogens is 3. The molecule has 4 nitrogen and oxygen atoms in total. The summed E-state index contributed by atoms with van der Waals surface area (Å²) in [5.74, 6) is -0.179. The Hall–Kier alpha value is -2.43. The third-order valence-electron chi connectivity index (χ3n) is 3.29. The number of aromatic amines is 2. The lowest BCUT2D eigenvalue weighted by Crippen LogP contribution is -2.10. The molecule has 0 aliphatic heterocycles. The fourth-order valence-electron chi connectivity index (χ4n) is 2.15. The van der Waals surface area contributed by atoms with Crippen LogP contribution >= 0.6 is 0 Å². The number of fused-ring (bicyclic) bond motifs is 1. The molecular formula is C14H12FN3O. The summed E-state index contributed by atoms with van der Waals surface area (Å²) in [6.45, 7) is 3.73. The van der Waals surface area contributed by atoms with E-state index in [1.54, 1.807) is 18.2 Å². The van der Waals surface area contributed by atoms with E-state index in [-0.39, 0.29) is 16.9 Å². The van der Waals surface area contributed by atoms with Crippen molar-refractivity contribution in [2.45, 2.75) is 13.8 Å². The highest BCUT2D eigenvalue weighted by molar-refractivity contribution is 5.81. The summed E-state index contributed by atoms with van der Waals surface area (Å²) in [6.07, 6.45) is 0. The van der Waals surface area contributed by atoms with Crippen molar-refractivity contribution in [3.8, 4) is 11.4 Å². The zero-order chi connectivity index (χ0) is 13.6. The predicted octanol–water partition coefficient (Wildman–Crippen LogP) is 2.67. The summed E-state index contributed by atoms with van der Waals surface area (Å²) in [6, 6.07) is 6.22. The van der Waals surface area contributed by atoms with Crippen LogP contribution in [0.25, 0.3) is 22.4 Å². The van der Waals surface area contributed by atoms with Gasteiger partial charge in [-0.15, -0.1) is 0 Å². The highest BCUT2D eigenvalue weighted by Crippen LogP contribution is 2.21. The van der Waals surface area contributed by atoms with Crippen LogP contribution in [0.5, 0.6) is 0 Å². The van der Waals surface area contributed by atoms with Crippen molar-refractivity contribution < 1.29 is 4.39 Å². The zero-order valence-electron chi connectivity index (χ0n) is 10.5. The lowest BCUT2D eigenvalue weighted by molar-refractivity contribution is 0.630. The number of halogens is 1. The molecule has 0 aliphatic rings. The number of nitrogens with zero attached hydrogens (tertiary/aromatic N) is 1. The van der Waals surface area contributed by atoms with Crippen molar-refractivity contribution >= 4 is 11.0 Å². The first-order chi connectivity index (χ1) is 9.08. The standard InChI is InChI=1S/C14H12FN3O/c1-7-8(2)16-13-11(7)14(19)18-12(17-13)9-5-3-4-6-10(9)15/h3-6H,1-2H3,(H2,16,17,18,19). The largest absolute Gasteiger partial charge is 0.343 e. The molecule has 0 atom stereocenters. The van der Waals surface area contributed by atoms with Crippen molar-refractivity contribution in [2.75, 3.05) is 0 Å². The van der Waals surface area contributed by atoms with Gasteiger partial charge in [0.2, 0.25) is 0 Å². The molecule has 0 spiro atoms. The average Bonchev–Trinajstić information content (AvgIpc) is 2.66. The molecule has 2 heterocycles. The third-order valence-corrected chi connectivity index (χ3v) is 3.29. The molecule has 0 saturated heterocycles. The summed E-state index contributed by atoms with van der Waals surface area (Å²) in [5.41, 5.74) is 2.26. The van der Waals surface area contributed by atoms with Crippen LogP contribution in [0.3, 0.4) is 0 Å². The highest BCUT2D eigenvalue weighted by Gasteiger charge is 2.13. The molecule has 0 saturated carbocycles. The fourth-order valence-corrected chi connectivity index (χ4v) is 2.15. The van der Waals surface area contributed by atoms with E-state index in [1.165, 1.54) is 6.07 Å². The Bertz CT molecular complexity index is 832. The predicted molar refractivity (Wildman–Crippen MR) is 71.6 cm³/mol. The minimum Gasteiger partial charge on any atom is -0.343 e. The Morgan fingerprint density at radius 1 is 1.16 bits per heavy atom. The van der Waals surface area contributed by atoms with Gasteiger partial charge in [-0.1, -0.05) is 12.1 Å². The van der Waals surface area contributed by atoms with Crippen LogP contribution in [0.15, 0.2) is 29.1 Å².